The molecule has 39 heavy (non-hydrogen) atoms. The molecule has 0 radical (unpaired) electrons. The van der Waals surface area contributed by atoms with Crippen LogP contribution in [0.1, 0.15) is 28.8 Å². The molecule has 5 rings (SSSR count). The molecule has 1 aliphatic rings. The molecule has 1 aromatic heterocycles. The van der Waals surface area contributed by atoms with Gasteiger partial charge in [-0.05, 0) is 43.5 Å². The van der Waals surface area contributed by atoms with Crippen molar-refractivity contribution < 1.29 is 46.6 Å². The van der Waals surface area contributed by atoms with Gasteiger partial charge in [0.2, 0.25) is 10.0 Å². The van der Waals surface area contributed by atoms with Gasteiger partial charge in [0.05, 0.1) is 11.9 Å². The van der Waals surface area contributed by atoms with E-state index in [-0.39, 0.29) is 46.9 Å². The Morgan fingerprint density at radius 1 is 0.949 bits per heavy atom. The quantitative estimate of drug-likeness (QED) is 0.240. The molecule has 11 heteroatoms. The molecule has 9 nitrogen and oxygen atoms in total. The van der Waals surface area contributed by atoms with E-state index in [0.29, 0.717) is 48.0 Å². The summed E-state index contributed by atoms with van der Waals surface area (Å²) in [6.07, 6.45) is 6.23. The first kappa shape index (κ1) is 28.7. The van der Waals surface area contributed by atoms with Crippen LogP contribution >= 0.6 is 0 Å². The van der Waals surface area contributed by atoms with Crippen molar-refractivity contribution in [1.82, 2.24) is 14.2 Å². The van der Waals surface area contributed by atoms with Gasteiger partial charge in [-0.15, -0.1) is 0 Å². The van der Waals surface area contributed by atoms with Crippen molar-refractivity contribution in [2.24, 2.45) is 7.05 Å². The predicted octanol–water partition coefficient (Wildman–Crippen LogP) is 0.442. The van der Waals surface area contributed by atoms with Gasteiger partial charge >= 0.3 is 6.03 Å². The van der Waals surface area contributed by atoms with Crippen molar-refractivity contribution >= 4 is 38.4 Å². The second kappa shape index (κ2) is 11.8. The van der Waals surface area contributed by atoms with E-state index in [2.05, 4.69) is 10.0 Å². The van der Waals surface area contributed by atoms with E-state index in [0.717, 1.165) is 5.56 Å². The maximum atomic E-state index is 13.5. The number of benzene rings is 3. The number of nitrogens with zero attached hydrogens (tertiary/aromatic N) is 3. The number of carbonyl (C=O) groups excluding carboxylic acids is 2. The molecule has 4 aromatic rings. The summed E-state index contributed by atoms with van der Waals surface area (Å²) in [6.45, 7) is 2.78. The number of carbonyl (C=O) groups is 2. The number of rotatable bonds is 5. The van der Waals surface area contributed by atoms with Crippen molar-refractivity contribution in [3.8, 4) is 0 Å². The van der Waals surface area contributed by atoms with E-state index in [1.807, 2.05) is 38.2 Å². The topological polar surface area (TPSA) is 104 Å². The first-order valence-corrected chi connectivity index (χ1v) is 13.9. The lowest BCUT2D eigenvalue weighted by molar-refractivity contribution is -0.670. The van der Waals surface area contributed by atoms with Crippen LogP contribution < -0.4 is 38.6 Å². The van der Waals surface area contributed by atoms with E-state index >= 15 is 0 Å². The van der Waals surface area contributed by atoms with E-state index in [4.69, 9.17) is 0 Å². The van der Waals surface area contributed by atoms with Gasteiger partial charge in [-0.1, -0.05) is 42.5 Å². The second-order valence-corrected chi connectivity index (χ2v) is 11.3. The first-order chi connectivity index (χ1) is 18.2. The minimum atomic E-state index is -3.85. The van der Waals surface area contributed by atoms with Gasteiger partial charge in [0.1, 0.15) is 12.4 Å². The van der Waals surface area contributed by atoms with Gasteiger partial charge in [-0.2, -0.15) is 4.57 Å². The van der Waals surface area contributed by atoms with Gasteiger partial charge < -0.3 is 34.2 Å². The third-order valence-corrected chi connectivity index (χ3v) is 8.47. The summed E-state index contributed by atoms with van der Waals surface area (Å²) in [5.41, 5.74) is 1.95. The number of hydrogen-bond acceptors (Lipinski definition) is 4. The highest BCUT2D eigenvalue weighted by atomic mass is 127. The zero-order chi connectivity index (χ0) is 26.9. The fraction of sp³-hybridized carbons (Fsp3) is 0.250. The number of anilines is 1. The van der Waals surface area contributed by atoms with Crippen LogP contribution in [0.3, 0.4) is 0 Å². The summed E-state index contributed by atoms with van der Waals surface area (Å²) in [7, 11) is -2.01. The molecule has 3 aromatic carbocycles. The van der Waals surface area contributed by atoms with E-state index < -0.39 is 10.0 Å². The molecule has 2 heterocycles. The molecular weight excluding hydrogens is 629 g/mol. The van der Waals surface area contributed by atoms with Gasteiger partial charge in [0, 0.05) is 41.2 Å². The highest BCUT2D eigenvalue weighted by Gasteiger charge is 2.30. The molecule has 0 spiro atoms. The number of imidazole rings is 1. The fourth-order valence-corrected chi connectivity index (χ4v) is 6.35. The normalized spacial score (nSPS) is 14.2. The predicted molar refractivity (Wildman–Crippen MR) is 144 cm³/mol. The molecule has 0 saturated carbocycles. The Balaban J connectivity index is 0.00000353. The van der Waals surface area contributed by atoms with E-state index in [1.54, 1.807) is 58.5 Å². The number of piperidine rings is 1. The monoisotopic (exact) mass is 659 g/mol. The van der Waals surface area contributed by atoms with Crippen LogP contribution in [0.5, 0.6) is 0 Å². The lowest BCUT2D eigenvalue weighted by Gasteiger charge is -2.30. The minimum absolute atomic E-state index is 0. The molecule has 0 unspecified atom stereocenters. The van der Waals surface area contributed by atoms with Crippen molar-refractivity contribution in [1.29, 1.82) is 0 Å². The number of fused-ring (bicyclic) bond motifs is 1. The molecule has 1 aliphatic heterocycles. The van der Waals surface area contributed by atoms with Crippen LogP contribution in [0.15, 0.2) is 84.3 Å². The molecule has 204 valence electrons. The Morgan fingerprint density at radius 3 is 2.28 bits per heavy atom. The maximum Gasteiger partial charge on any atom is 0.415 e. The Bertz CT molecular complexity index is 1630. The Hall–Kier alpha value is -3.29. The lowest BCUT2D eigenvalue weighted by atomic mass is 10.1. The average Bonchev–Trinajstić information content (AvgIpc) is 3.35. The summed E-state index contributed by atoms with van der Waals surface area (Å²) in [5, 5.41) is 4.10. The molecule has 0 atom stereocenters. The van der Waals surface area contributed by atoms with E-state index in [9.17, 15) is 18.0 Å². The molecular formula is C28H30IN5O4S. The summed E-state index contributed by atoms with van der Waals surface area (Å²) < 4.78 is 33.1. The number of sulfonamides is 1. The van der Waals surface area contributed by atoms with Crippen molar-refractivity contribution in [3.05, 3.63) is 90.5 Å². The first-order valence-electron chi connectivity index (χ1n) is 12.5. The maximum absolute atomic E-state index is 13.5. The van der Waals surface area contributed by atoms with Crippen LogP contribution in [-0.4, -0.2) is 49.0 Å². The summed E-state index contributed by atoms with van der Waals surface area (Å²) in [5.74, 6) is -0.253. The number of nitrogens with one attached hydrogen (secondary N) is 2. The highest BCUT2D eigenvalue weighted by molar-refractivity contribution is 7.89. The van der Waals surface area contributed by atoms with Crippen LogP contribution in [0, 0.1) is 6.92 Å². The van der Waals surface area contributed by atoms with Crippen LogP contribution in [0.2, 0.25) is 0 Å². The molecule has 1 fully saturated rings. The number of amides is 2. The Kier molecular flexibility index (Phi) is 8.72. The van der Waals surface area contributed by atoms with Gasteiger partial charge in [-0.25, -0.2) is 22.5 Å². The third kappa shape index (κ3) is 6.15. The minimum Gasteiger partial charge on any atom is -1.00 e. The zero-order valence-corrected chi connectivity index (χ0v) is 24.6. The van der Waals surface area contributed by atoms with E-state index in [1.165, 1.54) is 10.6 Å². The fourth-order valence-electron chi connectivity index (χ4n) is 4.83. The van der Waals surface area contributed by atoms with Crippen molar-refractivity contribution in [2.75, 3.05) is 18.4 Å². The van der Waals surface area contributed by atoms with Crippen LogP contribution in [0.4, 0.5) is 10.5 Å². The highest BCUT2D eigenvalue weighted by Crippen LogP contribution is 2.30. The van der Waals surface area contributed by atoms with Gasteiger partial charge in [-0.3, -0.25) is 4.79 Å². The molecule has 1 saturated heterocycles. The average molecular weight is 660 g/mol. The van der Waals surface area contributed by atoms with Crippen molar-refractivity contribution in [2.45, 2.75) is 30.7 Å². The number of likely N-dealkylation sites (tertiary alicyclic amines) is 1. The molecule has 0 aliphatic carbocycles. The van der Waals surface area contributed by atoms with Gasteiger partial charge in [0.15, 0.2) is 0 Å². The van der Waals surface area contributed by atoms with Crippen LogP contribution in [0.25, 0.3) is 10.8 Å². The molecule has 0 bridgehead atoms. The summed E-state index contributed by atoms with van der Waals surface area (Å²) in [4.78, 5) is 27.5. The number of aromatic nitrogens is 2. The second-order valence-electron chi connectivity index (χ2n) is 9.58. The Morgan fingerprint density at radius 2 is 1.62 bits per heavy atom. The number of aryl methyl sites for hydroxylation is 2. The molecule has 2 N–H and O–H groups in total. The molecule has 2 amide bonds. The van der Waals surface area contributed by atoms with Crippen molar-refractivity contribution in [3.63, 3.8) is 0 Å². The summed E-state index contributed by atoms with van der Waals surface area (Å²) >= 11 is 0. The number of halogens is 1. The van der Waals surface area contributed by atoms with Crippen LogP contribution in [-0.2, 0) is 17.1 Å². The Labute approximate surface area is 244 Å². The third-order valence-electron chi connectivity index (χ3n) is 6.89. The SMILES string of the molecule is Cc1ccccc1C(=O)Nc1ccc(S(=O)(=O)NC2CCN(C(=O)n3cc[n+](C)c3)CC2)c2ccccc12.[I-]. The zero-order valence-electron chi connectivity index (χ0n) is 21.7. The summed E-state index contributed by atoms with van der Waals surface area (Å²) in [6, 6.07) is 17.2. The van der Waals surface area contributed by atoms with Gasteiger partial charge in [0.25, 0.3) is 12.2 Å². The number of hydrogen-bond donors (Lipinski definition) is 2. The largest absolute Gasteiger partial charge is 1.00 e. The smallest absolute Gasteiger partial charge is 0.415 e. The lowest BCUT2D eigenvalue weighted by Crippen LogP contribution is -3.00. The standard InChI is InChI=1S/C28H29N5O4S.HI/c1-20-7-3-4-8-22(20)27(34)29-25-11-12-26(24-10-6-5-9-23(24)25)38(36,37)30-21-13-15-32(16-14-21)28(35)33-18-17-31(2)19-33;/h3-12,17-19,21,30H,13-16H2,1-2H3;1H.